The Morgan fingerprint density at radius 3 is 1.26 bits per heavy atom. The van der Waals surface area contributed by atoms with E-state index < -0.39 is 73.4 Å². The van der Waals surface area contributed by atoms with Crippen LogP contribution in [0.15, 0.2) is 0 Å². The van der Waals surface area contributed by atoms with Gasteiger partial charge in [-0.3, -0.25) is 0 Å². The van der Waals surface area contributed by atoms with Gasteiger partial charge in [0.2, 0.25) is 0 Å². The molecule has 13 nitrogen and oxygen atoms in total. The fourth-order valence-electron chi connectivity index (χ4n) is 2.67. The SMILES string of the molecule is COC(=O)[C@@H]1O[C@H](O[C@H]2O[C@@H](C(=O)OC)[C@@H](O)[C@H](O)[C@H]2O)[C@H](O)[C@@H](O)[C@@H]1O. The van der Waals surface area contributed by atoms with Crippen molar-refractivity contribution in [3.8, 4) is 0 Å². The molecule has 6 N–H and O–H groups in total. The standard InChI is InChI=1S/C14H22O13/c1-23-11(21)9-5(17)3(15)7(19)13(25-9)27-14-8(20)4(16)6(18)10(26-14)12(22)24-2/h3-10,13-20H,1-2H3/t3-,4-,5-,6-,7+,8+,9+,10+,13+,14+/m0/s1. The summed E-state index contributed by atoms with van der Waals surface area (Å²) in [5.74, 6) is -2.15. The van der Waals surface area contributed by atoms with Crippen LogP contribution >= 0.6 is 0 Å². The van der Waals surface area contributed by atoms with Crippen molar-refractivity contribution in [2.24, 2.45) is 0 Å². The van der Waals surface area contributed by atoms with Crippen molar-refractivity contribution in [3.63, 3.8) is 0 Å². The number of hydrogen-bond donors (Lipinski definition) is 6. The summed E-state index contributed by atoms with van der Waals surface area (Å²) in [5, 5.41) is 59.3. The molecule has 0 aromatic rings. The van der Waals surface area contributed by atoms with Crippen molar-refractivity contribution in [2.75, 3.05) is 14.2 Å². The van der Waals surface area contributed by atoms with Crippen LogP contribution in [-0.4, -0.2) is 118 Å². The Hall–Kier alpha value is -1.42. The number of hydrogen-bond acceptors (Lipinski definition) is 13. The number of rotatable bonds is 4. The molecule has 0 amide bonds. The van der Waals surface area contributed by atoms with E-state index in [1.165, 1.54) is 0 Å². The molecule has 0 unspecified atom stereocenters. The van der Waals surface area contributed by atoms with Crippen LogP contribution in [-0.2, 0) is 33.3 Å². The average molecular weight is 398 g/mol. The monoisotopic (exact) mass is 398 g/mol. The summed E-state index contributed by atoms with van der Waals surface area (Å²) in [6.07, 6.45) is -18.3. The van der Waals surface area contributed by atoms with Crippen LogP contribution in [0.1, 0.15) is 0 Å². The van der Waals surface area contributed by atoms with Crippen molar-refractivity contribution >= 4 is 11.9 Å². The van der Waals surface area contributed by atoms with Crippen molar-refractivity contribution in [1.29, 1.82) is 0 Å². The molecule has 10 atom stereocenters. The van der Waals surface area contributed by atoms with E-state index in [4.69, 9.17) is 14.2 Å². The van der Waals surface area contributed by atoms with Gasteiger partial charge in [-0.05, 0) is 0 Å². The fourth-order valence-corrected chi connectivity index (χ4v) is 2.67. The minimum absolute atomic E-state index is 0.998. The van der Waals surface area contributed by atoms with E-state index in [2.05, 4.69) is 9.47 Å². The number of aliphatic hydroxyl groups excluding tert-OH is 6. The van der Waals surface area contributed by atoms with Gasteiger partial charge in [-0.25, -0.2) is 9.59 Å². The van der Waals surface area contributed by atoms with Gasteiger partial charge in [0.05, 0.1) is 14.2 Å². The lowest BCUT2D eigenvalue weighted by molar-refractivity contribution is -0.369. The summed E-state index contributed by atoms with van der Waals surface area (Å²) in [6, 6.07) is 0. The molecule has 0 radical (unpaired) electrons. The zero-order chi connectivity index (χ0) is 20.5. The highest BCUT2D eigenvalue weighted by Crippen LogP contribution is 2.28. The zero-order valence-corrected chi connectivity index (χ0v) is 14.3. The van der Waals surface area contributed by atoms with E-state index in [1.54, 1.807) is 0 Å². The lowest BCUT2D eigenvalue weighted by Crippen LogP contribution is -2.64. The molecule has 156 valence electrons. The largest absolute Gasteiger partial charge is 0.467 e. The van der Waals surface area contributed by atoms with Gasteiger partial charge in [0.1, 0.15) is 36.6 Å². The van der Waals surface area contributed by atoms with E-state index >= 15 is 0 Å². The average Bonchev–Trinajstić information content (AvgIpc) is 2.67. The van der Waals surface area contributed by atoms with E-state index in [1.807, 2.05) is 0 Å². The molecular formula is C14H22O13. The molecule has 27 heavy (non-hydrogen) atoms. The Kier molecular flexibility index (Phi) is 7.07. The van der Waals surface area contributed by atoms with Gasteiger partial charge in [0.25, 0.3) is 0 Å². The van der Waals surface area contributed by atoms with Crippen molar-refractivity contribution in [1.82, 2.24) is 0 Å². The molecule has 2 fully saturated rings. The normalized spacial score (nSPS) is 45.2. The van der Waals surface area contributed by atoms with E-state index in [0.29, 0.717) is 0 Å². The highest BCUT2D eigenvalue weighted by Gasteiger charge is 2.52. The predicted octanol–water partition coefficient (Wildman–Crippen LogP) is -5.04. The Morgan fingerprint density at radius 1 is 0.630 bits per heavy atom. The molecule has 0 saturated carbocycles. The highest BCUT2D eigenvalue weighted by atomic mass is 16.8. The molecule has 2 aliphatic rings. The van der Waals surface area contributed by atoms with Crippen LogP contribution in [0.4, 0.5) is 0 Å². The highest BCUT2D eigenvalue weighted by molar-refractivity contribution is 5.76. The summed E-state index contributed by atoms with van der Waals surface area (Å²) < 4.78 is 24.1. The van der Waals surface area contributed by atoms with Crippen molar-refractivity contribution < 1.29 is 63.9 Å². The zero-order valence-electron chi connectivity index (χ0n) is 14.3. The minimum Gasteiger partial charge on any atom is -0.467 e. The van der Waals surface area contributed by atoms with Crippen molar-refractivity contribution in [3.05, 3.63) is 0 Å². The Bertz CT molecular complexity index is 495. The minimum atomic E-state index is -1.89. The Balaban J connectivity index is 2.17. The van der Waals surface area contributed by atoms with E-state index in [-0.39, 0.29) is 0 Å². The van der Waals surface area contributed by atoms with E-state index in [0.717, 1.165) is 14.2 Å². The number of carbonyl (C=O) groups excluding carboxylic acids is 2. The van der Waals surface area contributed by atoms with Crippen LogP contribution in [0.25, 0.3) is 0 Å². The first-order valence-corrected chi connectivity index (χ1v) is 7.84. The van der Waals surface area contributed by atoms with Crippen LogP contribution < -0.4 is 0 Å². The fraction of sp³-hybridized carbons (Fsp3) is 0.857. The summed E-state index contributed by atoms with van der Waals surface area (Å²) in [7, 11) is 2.00. The number of ether oxygens (including phenoxy) is 5. The van der Waals surface area contributed by atoms with Gasteiger partial charge in [0, 0.05) is 0 Å². The molecule has 2 heterocycles. The molecule has 0 aromatic heterocycles. The summed E-state index contributed by atoms with van der Waals surface area (Å²) in [4.78, 5) is 23.3. The van der Waals surface area contributed by atoms with Gasteiger partial charge in [0.15, 0.2) is 24.8 Å². The topological polar surface area (TPSA) is 202 Å². The van der Waals surface area contributed by atoms with Crippen LogP contribution in [0.3, 0.4) is 0 Å². The van der Waals surface area contributed by atoms with Crippen molar-refractivity contribution in [2.45, 2.75) is 61.4 Å². The molecule has 2 saturated heterocycles. The third kappa shape index (κ3) is 4.21. The smallest absolute Gasteiger partial charge is 0.337 e. The first kappa shape index (κ1) is 21.9. The predicted molar refractivity (Wildman–Crippen MR) is 78.5 cm³/mol. The summed E-state index contributed by atoms with van der Waals surface area (Å²) in [6.45, 7) is 0. The maximum atomic E-state index is 11.6. The molecule has 0 aliphatic carbocycles. The Labute approximate surface area is 152 Å². The second kappa shape index (κ2) is 8.72. The Morgan fingerprint density at radius 2 is 0.963 bits per heavy atom. The second-order valence-corrected chi connectivity index (χ2v) is 5.98. The molecule has 0 bridgehead atoms. The quantitative estimate of drug-likeness (QED) is 0.246. The molecular weight excluding hydrogens is 376 g/mol. The number of aliphatic hydroxyl groups is 6. The van der Waals surface area contributed by atoms with Gasteiger partial charge in [-0.15, -0.1) is 0 Å². The second-order valence-electron chi connectivity index (χ2n) is 5.98. The maximum absolute atomic E-state index is 11.6. The third-order valence-corrected chi connectivity index (χ3v) is 4.27. The summed E-state index contributed by atoms with van der Waals surface area (Å²) >= 11 is 0. The molecule has 2 aliphatic heterocycles. The maximum Gasteiger partial charge on any atom is 0.337 e. The molecule has 0 spiro atoms. The number of carbonyl (C=O) groups is 2. The first-order chi connectivity index (χ1) is 12.6. The lowest BCUT2D eigenvalue weighted by Gasteiger charge is -2.43. The lowest BCUT2D eigenvalue weighted by atomic mass is 9.97. The van der Waals surface area contributed by atoms with Crippen LogP contribution in [0.2, 0.25) is 0 Å². The number of methoxy groups -OCH3 is 2. The molecule has 13 heteroatoms. The van der Waals surface area contributed by atoms with Gasteiger partial charge < -0.3 is 54.3 Å². The van der Waals surface area contributed by atoms with E-state index in [9.17, 15) is 40.2 Å². The molecule has 2 rings (SSSR count). The first-order valence-electron chi connectivity index (χ1n) is 7.84. The third-order valence-electron chi connectivity index (χ3n) is 4.27. The van der Waals surface area contributed by atoms with Crippen LogP contribution in [0, 0.1) is 0 Å². The van der Waals surface area contributed by atoms with Gasteiger partial charge in [-0.1, -0.05) is 0 Å². The summed E-state index contributed by atoms with van der Waals surface area (Å²) in [5.41, 5.74) is 0. The molecule has 0 aromatic carbocycles. The van der Waals surface area contributed by atoms with Crippen LogP contribution in [0.5, 0.6) is 0 Å². The van der Waals surface area contributed by atoms with Gasteiger partial charge >= 0.3 is 11.9 Å². The number of esters is 2. The van der Waals surface area contributed by atoms with Gasteiger partial charge in [-0.2, -0.15) is 0 Å².